The van der Waals surface area contributed by atoms with Crippen LogP contribution < -0.4 is 5.32 Å². The molecule has 0 aliphatic carbocycles. The average Bonchev–Trinajstić information content (AvgIpc) is 2.45. The third-order valence-corrected chi connectivity index (χ3v) is 3.22. The van der Waals surface area contributed by atoms with Crippen molar-refractivity contribution in [1.82, 2.24) is 5.32 Å². The van der Waals surface area contributed by atoms with E-state index in [-0.39, 0.29) is 13.0 Å². The van der Waals surface area contributed by atoms with E-state index >= 15 is 0 Å². The normalized spacial score (nSPS) is 34.4. The molecule has 0 bridgehead atoms. The van der Waals surface area contributed by atoms with Gasteiger partial charge in [-0.1, -0.05) is 0 Å². The molecule has 6 atom stereocenters. The van der Waals surface area contributed by atoms with Gasteiger partial charge in [-0.25, -0.2) is 4.79 Å². The fourth-order valence-electron chi connectivity index (χ4n) is 2.07. The maximum absolute atomic E-state index is 10.9. The van der Waals surface area contributed by atoms with Crippen molar-refractivity contribution in [3.63, 3.8) is 0 Å². The summed E-state index contributed by atoms with van der Waals surface area (Å²) in [5.41, 5.74) is 0. The van der Waals surface area contributed by atoms with Crippen molar-refractivity contribution in [1.29, 1.82) is 0 Å². The molecule has 0 aromatic rings. The number of carboxylic acid groups (broad SMARTS) is 1. The number of carboxylic acids is 1. The SMILES string of the molecule is C[C@@H](O[C@H]1[C@H](O)[C@@H](CO)OC(O)[C@@H]1NCCC=O)C(=O)O. The third kappa shape index (κ3) is 4.70. The number of aldehydes is 1. The predicted octanol–water partition coefficient (Wildman–Crippen LogP) is -2.54. The molecule has 0 aromatic carbocycles. The van der Waals surface area contributed by atoms with Crippen LogP contribution in [-0.2, 0) is 19.1 Å². The monoisotopic (exact) mass is 307 g/mol. The molecule has 0 amide bonds. The van der Waals surface area contributed by atoms with E-state index in [2.05, 4.69) is 5.32 Å². The van der Waals surface area contributed by atoms with Gasteiger partial charge >= 0.3 is 5.97 Å². The van der Waals surface area contributed by atoms with E-state index in [1.807, 2.05) is 0 Å². The molecule has 122 valence electrons. The minimum absolute atomic E-state index is 0.171. The van der Waals surface area contributed by atoms with Crippen molar-refractivity contribution in [2.24, 2.45) is 0 Å². The van der Waals surface area contributed by atoms with Crippen LogP contribution in [0.2, 0.25) is 0 Å². The van der Waals surface area contributed by atoms with E-state index in [4.69, 9.17) is 19.7 Å². The summed E-state index contributed by atoms with van der Waals surface area (Å²) < 4.78 is 10.3. The highest BCUT2D eigenvalue weighted by molar-refractivity contribution is 5.71. The summed E-state index contributed by atoms with van der Waals surface area (Å²) in [4.78, 5) is 21.2. The van der Waals surface area contributed by atoms with Gasteiger partial charge in [0.1, 0.15) is 24.6 Å². The lowest BCUT2D eigenvalue weighted by Crippen LogP contribution is -2.65. The number of aliphatic hydroxyl groups excluding tert-OH is 3. The molecule has 0 aromatic heterocycles. The molecule has 1 aliphatic rings. The van der Waals surface area contributed by atoms with Crippen molar-refractivity contribution in [2.75, 3.05) is 13.2 Å². The van der Waals surface area contributed by atoms with Gasteiger partial charge in [0.2, 0.25) is 0 Å². The zero-order valence-electron chi connectivity index (χ0n) is 11.6. The summed E-state index contributed by atoms with van der Waals surface area (Å²) in [5, 5.41) is 40.7. The van der Waals surface area contributed by atoms with Crippen LogP contribution >= 0.6 is 0 Å². The predicted molar refractivity (Wildman–Crippen MR) is 68.4 cm³/mol. The first-order valence-electron chi connectivity index (χ1n) is 6.60. The maximum atomic E-state index is 10.9. The van der Waals surface area contributed by atoms with Crippen molar-refractivity contribution in [3.8, 4) is 0 Å². The van der Waals surface area contributed by atoms with Crippen LogP contribution in [0.25, 0.3) is 0 Å². The summed E-state index contributed by atoms with van der Waals surface area (Å²) in [6.45, 7) is 0.931. The smallest absolute Gasteiger partial charge is 0.332 e. The van der Waals surface area contributed by atoms with Gasteiger partial charge in [-0.05, 0) is 6.92 Å². The van der Waals surface area contributed by atoms with Crippen LogP contribution in [0.1, 0.15) is 13.3 Å². The second-order valence-electron chi connectivity index (χ2n) is 4.75. The number of ether oxygens (including phenoxy) is 2. The highest BCUT2D eigenvalue weighted by Gasteiger charge is 2.46. The molecule has 1 rings (SSSR count). The number of nitrogens with one attached hydrogen (secondary N) is 1. The molecule has 1 aliphatic heterocycles. The van der Waals surface area contributed by atoms with Gasteiger partial charge in [-0.3, -0.25) is 0 Å². The van der Waals surface area contributed by atoms with Gasteiger partial charge in [-0.15, -0.1) is 0 Å². The van der Waals surface area contributed by atoms with Gasteiger partial charge < -0.3 is 40.0 Å². The summed E-state index contributed by atoms with van der Waals surface area (Å²) in [7, 11) is 0. The van der Waals surface area contributed by atoms with Gasteiger partial charge in [-0.2, -0.15) is 0 Å². The fourth-order valence-corrected chi connectivity index (χ4v) is 2.07. The number of hydrogen-bond donors (Lipinski definition) is 5. The highest BCUT2D eigenvalue weighted by atomic mass is 16.6. The summed E-state index contributed by atoms with van der Waals surface area (Å²) in [5.74, 6) is -1.23. The summed E-state index contributed by atoms with van der Waals surface area (Å²) >= 11 is 0. The number of carbonyl (C=O) groups excluding carboxylic acids is 1. The molecule has 9 heteroatoms. The Morgan fingerprint density at radius 2 is 2.14 bits per heavy atom. The Hall–Kier alpha value is -1.10. The molecule has 21 heavy (non-hydrogen) atoms. The Morgan fingerprint density at radius 1 is 1.48 bits per heavy atom. The fraction of sp³-hybridized carbons (Fsp3) is 0.833. The first kappa shape index (κ1) is 18.0. The minimum atomic E-state index is -1.41. The molecule has 5 N–H and O–H groups in total. The van der Waals surface area contributed by atoms with Crippen molar-refractivity contribution < 1.29 is 39.5 Å². The van der Waals surface area contributed by atoms with Crippen LogP contribution in [-0.4, -0.2) is 82.6 Å². The second kappa shape index (κ2) is 8.37. The molecular weight excluding hydrogens is 286 g/mol. The zero-order valence-corrected chi connectivity index (χ0v) is 11.6. The minimum Gasteiger partial charge on any atom is -0.479 e. The second-order valence-corrected chi connectivity index (χ2v) is 4.75. The van der Waals surface area contributed by atoms with Gasteiger partial charge in [0.25, 0.3) is 0 Å². The molecule has 1 heterocycles. The molecule has 1 unspecified atom stereocenters. The number of rotatable bonds is 8. The Balaban J connectivity index is 2.82. The quantitative estimate of drug-likeness (QED) is 0.242. The first-order valence-corrected chi connectivity index (χ1v) is 6.60. The van der Waals surface area contributed by atoms with E-state index in [0.717, 1.165) is 0 Å². The topological polar surface area (TPSA) is 146 Å². The lowest BCUT2D eigenvalue weighted by atomic mass is 9.96. The van der Waals surface area contributed by atoms with Gasteiger partial charge in [0.15, 0.2) is 12.4 Å². The molecule has 0 spiro atoms. The molecule has 0 radical (unpaired) electrons. The van der Waals surface area contributed by atoms with Crippen LogP contribution in [0.3, 0.4) is 0 Å². The molecular formula is C12H21NO8. The van der Waals surface area contributed by atoms with Gasteiger partial charge in [0, 0.05) is 13.0 Å². The van der Waals surface area contributed by atoms with Crippen molar-refractivity contribution in [2.45, 2.75) is 50.1 Å². The van der Waals surface area contributed by atoms with Crippen LogP contribution in [0.5, 0.6) is 0 Å². The van der Waals surface area contributed by atoms with Crippen LogP contribution in [0, 0.1) is 0 Å². The van der Waals surface area contributed by atoms with E-state index in [1.165, 1.54) is 6.92 Å². The Labute approximate surface area is 121 Å². The molecule has 9 nitrogen and oxygen atoms in total. The lowest BCUT2D eigenvalue weighted by molar-refractivity contribution is -0.268. The number of aliphatic hydroxyl groups is 3. The summed E-state index contributed by atoms with van der Waals surface area (Å²) in [6.07, 6.45) is -5.31. The van der Waals surface area contributed by atoms with E-state index in [0.29, 0.717) is 6.29 Å². The number of hydrogen-bond acceptors (Lipinski definition) is 8. The van der Waals surface area contributed by atoms with E-state index in [9.17, 15) is 19.8 Å². The van der Waals surface area contributed by atoms with Crippen LogP contribution in [0.4, 0.5) is 0 Å². The maximum Gasteiger partial charge on any atom is 0.332 e. The van der Waals surface area contributed by atoms with E-state index in [1.54, 1.807) is 0 Å². The van der Waals surface area contributed by atoms with Crippen LogP contribution in [0.15, 0.2) is 0 Å². The molecule has 1 fully saturated rings. The van der Waals surface area contributed by atoms with E-state index < -0.39 is 49.3 Å². The standard InChI is InChI=1S/C12H21NO8/c1-6(11(17)18)20-10-8(13-3-2-4-14)12(19)21-7(5-15)9(10)16/h4,6-10,12-13,15-16,19H,2-3,5H2,1H3,(H,17,18)/t6-,7-,8-,9-,10-,12?/m1/s1. The lowest BCUT2D eigenvalue weighted by Gasteiger charge is -2.43. The number of aliphatic carboxylic acids is 1. The Morgan fingerprint density at radius 3 is 2.67 bits per heavy atom. The Kier molecular flexibility index (Phi) is 7.15. The largest absolute Gasteiger partial charge is 0.479 e. The first-order chi connectivity index (χ1) is 9.92. The number of carbonyl (C=O) groups is 2. The summed E-state index contributed by atoms with van der Waals surface area (Å²) in [6, 6.07) is -0.926. The Bertz CT molecular complexity index is 352. The van der Waals surface area contributed by atoms with Crippen molar-refractivity contribution >= 4 is 12.3 Å². The zero-order chi connectivity index (χ0) is 16.0. The third-order valence-electron chi connectivity index (χ3n) is 3.22. The average molecular weight is 307 g/mol. The molecule has 1 saturated heterocycles. The highest BCUT2D eigenvalue weighted by Crippen LogP contribution is 2.23. The molecule has 0 saturated carbocycles. The van der Waals surface area contributed by atoms with Crippen molar-refractivity contribution in [3.05, 3.63) is 0 Å². The van der Waals surface area contributed by atoms with Gasteiger partial charge in [0.05, 0.1) is 12.6 Å².